The van der Waals surface area contributed by atoms with E-state index < -0.39 is 17.8 Å². The average Bonchev–Trinajstić information content (AvgIpc) is 2.59. The highest BCUT2D eigenvalue weighted by Gasteiger charge is 2.65. The van der Waals surface area contributed by atoms with Gasteiger partial charge in [0.1, 0.15) is 11.7 Å². The Kier molecular flexibility index (Phi) is 4.21. The Labute approximate surface area is 148 Å². The van der Waals surface area contributed by atoms with Gasteiger partial charge in [-0.05, 0) is 31.6 Å². The van der Waals surface area contributed by atoms with Crippen molar-refractivity contribution in [3.05, 3.63) is 59.3 Å². The molecule has 2 aliphatic rings. The molecular weight excluding hydrogens is 347 g/mol. The molecule has 0 bridgehead atoms. The van der Waals surface area contributed by atoms with Crippen LogP contribution < -0.4 is 0 Å². The standard InChI is InChI=1S/C18H16F3N3O2/c1-11-6-4-8-13(10-11)15-23-17(16(25)26-3,18(19,20)21)22-14-12(2)7-5-9-24(14)15/h4-10H,1-3H3. The zero-order chi connectivity index (χ0) is 19.1. The summed E-state index contributed by atoms with van der Waals surface area (Å²) in [5.41, 5.74) is -1.58. The molecule has 26 heavy (non-hydrogen) atoms. The largest absolute Gasteiger partial charge is 0.465 e. The van der Waals surface area contributed by atoms with Crippen molar-refractivity contribution in [3.63, 3.8) is 0 Å². The summed E-state index contributed by atoms with van der Waals surface area (Å²) in [5.74, 6) is -1.60. The number of fused-ring (bicyclic) bond motifs is 1. The second kappa shape index (κ2) is 6.12. The monoisotopic (exact) mass is 363 g/mol. The highest BCUT2D eigenvalue weighted by Crippen LogP contribution is 2.40. The maximum atomic E-state index is 13.9. The number of nitrogens with zero attached hydrogens (tertiary/aromatic N) is 3. The lowest BCUT2D eigenvalue weighted by Crippen LogP contribution is -2.56. The summed E-state index contributed by atoms with van der Waals surface area (Å²) in [4.78, 5) is 21.0. The van der Waals surface area contributed by atoms with Crippen LogP contribution >= 0.6 is 0 Å². The van der Waals surface area contributed by atoms with Crippen LogP contribution in [0.1, 0.15) is 18.1 Å². The first-order valence-corrected chi connectivity index (χ1v) is 7.76. The van der Waals surface area contributed by atoms with E-state index in [2.05, 4.69) is 14.7 Å². The van der Waals surface area contributed by atoms with Gasteiger partial charge in [-0.15, -0.1) is 0 Å². The molecule has 1 aromatic rings. The van der Waals surface area contributed by atoms with Gasteiger partial charge in [-0.25, -0.2) is 14.8 Å². The predicted octanol–water partition coefficient (Wildman–Crippen LogP) is 3.36. The quantitative estimate of drug-likeness (QED) is 0.757. The van der Waals surface area contributed by atoms with Crippen LogP contribution in [0.2, 0.25) is 0 Å². The van der Waals surface area contributed by atoms with Crippen LogP contribution in [0.3, 0.4) is 0 Å². The minimum atomic E-state index is -5.06. The van der Waals surface area contributed by atoms with Gasteiger partial charge in [0.15, 0.2) is 0 Å². The van der Waals surface area contributed by atoms with Gasteiger partial charge in [0, 0.05) is 11.8 Å². The Bertz CT molecular complexity index is 884. The van der Waals surface area contributed by atoms with Gasteiger partial charge < -0.3 is 4.74 Å². The number of carbonyl (C=O) groups is 1. The van der Waals surface area contributed by atoms with E-state index in [0.717, 1.165) is 12.7 Å². The van der Waals surface area contributed by atoms with Crippen molar-refractivity contribution in [2.24, 2.45) is 9.98 Å². The Balaban J connectivity index is 2.31. The molecule has 0 fully saturated rings. The molecule has 136 valence electrons. The normalized spacial score (nSPS) is 22.2. The van der Waals surface area contributed by atoms with E-state index in [4.69, 9.17) is 0 Å². The number of hydrogen-bond acceptors (Lipinski definition) is 5. The van der Waals surface area contributed by atoms with Crippen molar-refractivity contribution in [2.45, 2.75) is 25.7 Å². The van der Waals surface area contributed by atoms with Crippen molar-refractivity contribution in [1.82, 2.24) is 4.90 Å². The summed E-state index contributed by atoms with van der Waals surface area (Å²) in [6, 6.07) is 6.86. The molecule has 0 aliphatic carbocycles. The second-order valence-electron chi connectivity index (χ2n) is 5.96. The second-order valence-corrected chi connectivity index (χ2v) is 5.96. The van der Waals surface area contributed by atoms with Gasteiger partial charge >= 0.3 is 17.8 Å². The van der Waals surface area contributed by atoms with E-state index in [1.165, 1.54) is 4.90 Å². The third-order valence-corrected chi connectivity index (χ3v) is 4.07. The number of carbonyl (C=O) groups excluding carboxylic acids is 1. The molecule has 3 rings (SSSR count). The zero-order valence-electron chi connectivity index (χ0n) is 14.3. The molecule has 0 amide bonds. The number of ether oxygens (including phenoxy) is 1. The molecule has 8 heteroatoms. The molecule has 2 heterocycles. The molecule has 1 atom stereocenters. The maximum Gasteiger partial charge on any atom is 0.445 e. The number of amidine groups is 2. The van der Waals surface area contributed by atoms with Crippen LogP contribution in [0.4, 0.5) is 13.2 Å². The highest BCUT2D eigenvalue weighted by molar-refractivity contribution is 6.18. The predicted molar refractivity (Wildman–Crippen MR) is 90.7 cm³/mol. The number of allylic oxidation sites excluding steroid dienone is 2. The summed E-state index contributed by atoms with van der Waals surface area (Å²) < 4.78 is 46.2. The first-order chi connectivity index (χ1) is 12.2. The number of aliphatic imine (C=N–C) groups is 2. The van der Waals surface area contributed by atoms with Crippen molar-refractivity contribution >= 4 is 17.6 Å². The summed E-state index contributed by atoms with van der Waals surface area (Å²) in [5, 5.41) is 0. The van der Waals surface area contributed by atoms with Crippen molar-refractivity contribution < 1.29 is 22.7 Å². The Morgan fingerprint density at radius 1 is 1.19 bits per heavy atom. The van der Waals surface area contributed by atoms with E-state index >= 15 is 0 Å². The Morgan fingerprint density at radius 3 is 2.50 bits per heavy atom. The molecule has 0 spiro atoms. The average molecular weight is 363 g/mol. The number of methoxy groups -OCH3 is 1. The summed E-state index contributed by atoms with van der Waals surface area (Å²) in [7, 11) is 0.883. The number of esters is 1. The fourth-order valence-corrected chi connectivity index (χ4v) is 2.77. The SMILES string of the molecule is COC(=O)C1(C(F)(F)F)N=C2C(C)=CC=CN2C(c2cccc(C)c2)=N1. The van der Waals surface area contributed by atoms with Crippen LogP contribution in [-0.4, -0.2) is 41.5 Å². The van der Waals surface area contributed by atoms with Crippen LogP contribution in [0.15, 0.2) is 58.2 Å². The molecule has 0 aromatic heterocycles. The van der Waals surface area contributed by atoms with E-state index in [1.54, 1.807) is 43.5 Å². The van der Waals surface area contributed by atoms with Gasteiger partial charge in [0.05, 0.1) is 7.11 Å². The topological polar surface area (TPSA) is 54.3 Å². The van der Waals surface area contributed by atoms with Gasteiger partial charge in [-0.1, -0.05) is 29.8 Å². The number of benzene rings is 1. The zero-order valence-corrected chi connectivity index (χ0v) is 14.3. The smallest absolute Gasteiger partial charge is 0.445 e. The molecule has 0 saturated heterocycles. The van der Waals surface area contributed by atoms with Gasteiger partial charge in [0.2, 0.25) is 0 Å². The van der Waals surface area contributed by atoms with Crippen LogP contribution in [0.5, 0.6) is 0 Å². The van der Waals surface area contributed by atoms with Crippen LogP contribution in [0, 0.1) is 6.92 Å². The first kappa shape index (κ1) is 17.9. The summed E-state index contributed by atoms with van der Waals surface area (Å²) >= 11 is 0. The van der Waals surface area contributed by atoms with E-state index in [0.29, 0.717) is 11.1 Å². The molecule has 0 saturated carbocycles. The van der Waals surface area contributed by atoms with Gasteiger partial charge in [-0.2, -0.15) is 13.2 Å². The number of rotatable bonds is 2. The van der Waals surface area contributed by atoms with Crippen molar-refractivity contribution in [2.75, 3.05) is 7.11 Å². The fourth-order valence-electron chi connectivity index (χ4n) is 2.77. The highest BCUT2D eigenvalue weighted by atomic mass is 19.4. The lowest BCUT2D eigenvalue weighted by atomic mass is 10.0. The number of halogens is 3. The van der Waals surface area contributed by atoms with E-state index in [1.807, 2.05) is 13.0 Å². The Hall–Kier alpha value is -2.90. The van der Waals surface area contributed by atoms with Crippen LogP contribution in [-0.2, 0) is 9.53 Å². The molecule has 2 aliphatic heterocycles. The maximum absolute atomic E-state index is 13.9. The lowest BCUT2D eigenvalue weighted by molar-refractivity contribution is -0.202. The van der Waals surface area contributed by atoms with Gasteiger partial charge in [-0.3, -0.25) is 4.90 Å². The summed E-state index contributed by atoms with van der Waals surface area (Å²) in [6.07, 6.45) is -0.203. The molecule has 0 N–H and O–H groups in total. The van der Waals surface area contributed by atoms with Gasteiger partial charge in [0.25, 0.3) is 0 Å². The van der Waals surface area contributed by atoms with Crippen LogP contribution in [0.25, 0.3) is 0 Å². The minimum absolute atomic E-state index is 0.00160. The summed E-state index contributed by atoms with van der Waals surface area (Å²) in [6.45, 7) is 3.43. The molecular formula is C18H16F3N3O2. The third-order valence-electron chi connectivity index (χ3n) is 4.07. The fraction of sp³-hybridized carbons (Fsp3) is 0.278. The lowest BCUT2D eigenvalue weighted by Gasteiger charge is -2.37. The Morgan fingerprint density at radius 2 is 1.88 bits per heavy atom. The molecule has 1 aromatic carbocycles. The number of alkyl halides is 3. The number of aryl methyl sites for hydroxylation is 1. The molecule has 0 radical (unpaired) electrons. The molecule has 1 unspecified atom stereocenters. The third kappa shape index (κ3) is 2.71. The van der Waals surface area contributed by atoms with Crippen molar-refractivity contribution in [1.29, 1.82) is 0 Å². The number of hydrogen-bond donors (Lipinski definition) is 0. The first-order valence-electron chi connectivity index (χ1n) is 7.76. The minimum Gasteiger partial charge on any atom is -0.465 e. The molecule has 5 nitrogen and oxygen atoms in total. The van der Waals surface area contributed by atoms with Crippen molar-refractivity contribution in [3.8, 4) is 0 Å². The van der Waals surface area contributed by atoms with E-state index in [9.17, 15) is 18.0 Å². The van der Waals surface area contributed by atoms with E-state index in [-0.39, 0.29) is 11.7 Å².